The molecule has 1 spiro atoms. The van der Waals surface area contributed by atoms with Gasteiger partial charge >= 0.3 is 0 Å². The van der Waals surface area contributed by atoms with Gasteiger partial charge in [-0.05, 0) is 38.3 Å². The molecule has 0 aliphatic carbocycles. The minimum atomic E-state index is 0.458. The van der Waals surface area contributed by atoms with E-state index in [9.17, 15) is 0 Å². The highest BCUT2D eigenvalue weighted by molar-refractivity contribution is 5.90. The lowest BCUT2D eigenvalue weighted by molar-refractivity contribution is 0.239. The number of piperidine rings is 1. The molecule has 5 heteroatoms. The Hall–Kier alpha value is -1.62. The van der Waals surface area contributed by atoms with E-state index in [1.165, 1.54) is 36.8 Å². The van der Waals surface area contributed by atoms with Gasteiger partial charge in [0.1, 0.15) is 17.8 Å². The fourth-order valence-corrected chi connectivity index (χ4v) is 3.83. The Kier molecular flexibility index (Phi) is 2.70. The molecule has 0 saturated carbocycles. The first kappa shape index (κ1) is 12.1. The molecule has 2 aliphatic rings. The molecule has 0 amide bonds. The predicted octanol–water partition coefficient (Wildman–Crippen LogP) is 1.85. The minimum Gasteiger partial charge on any atom is -0.355 e. The predicted molar refractivity (Wildman–Crippen MR) is 80.0 cm³/mol. The van der Waals surface area contributed by atoms with Gasteiger partial charge in [-0.15, -0.1) is 0 Å². The Labute approximate surface area is 118 Å². The van der Waals surface area contributed by atoms with Gasteiger partial charge in [-0.25, -0.2) is 9.97 Å². The number of fused-ring (bicyclic) bond motifs is 1. The fourth-order valence-electron chi connectivity index (χ4n) is 3.83. The second kappa shape index (κ2) is 4.45. The van der Waals surface area contributed by atoms with Crippen LogP contribution in [-0.2, 0) is 0 Å². The van der Waals surface area contributed by atoms with Crippen LogP contribution in [0.1, 0.15) is 24.8 Å². The summed E-state index contributed by atoms with van der Waals surface area (Å²) in [7, 11) is 0. The Morgan fingerprint density at radius 2 is 2.25 bits per heavy atom. The van der Waals surface area contributed by atoms with Crippen LogP contribution in [0, 0.1) is 12.3 Å². The summed E-state index contributed by atoms with van der Waals surface area (Å²) in [6, 6.07) is 0. The van der Waals surface area contributed by atoms with Crippen molar-refractivity contribution < 1.29 is 0 Å². The molecule has 2 fully saturated rings. The number of hydrogen-bond acceptors (Lipinski definition) is 4. The standard InChI is InChI=1S/C15H21N5/c1-11-7-17-13-12(11)14(19-10-18-13)20-6-4-15(9-20)3-2-5-16-8-15/h7,10,16H,2-6,8-9H2,1H3,(H,17,18,19). The fraction of sp³-hybridized carbons (Fsp3) is 0.600. The van der Waals surface area contributed by atoms with Crippen molar-refractivity contribution in [3.63, 3.8) is 0 Å². The third-order valence-electron chi connectivity index (χ3n) is 4.95. The van der Waals surface area contributed by atoms with Gasteiger partial charge < -0.3 is 15.2 Å². The van der Waals surface area contributed by atoms with Gasteiger partial charge in [-0.1, -0.05) is 0 Å². The van der Waals surface area contributed by atoms with Crippen molar-refractivity contribution in [2.75, 3.05) is 31.1 Å². The monoisotopic (exact) mass is 271 g/mol. The number of nitrogens with zero attached hydrogens (tertiary/aromatic N) is 3. The molecule has 2 saturated heterocycles. The molecule has 0 aromatic carbocycles. The molecule has 0 radical (unpaired) electrons. The van der Waals surface area contributed by atoms with Gasteiger partial charge in [-0.3, -0.25) is 0 Å². The highest BCUT2D eigenvalue weighted by Gasteiger charge is 2.39. The first-order chi connectivity index (χ1) is 9.77. The number of H-pyrrole nitrogens is 1. The Balaban J connectivity index is 1.69. The van der Waals surface area contributed by atoms with Gasteiger partial charge in [0, 0.05) is 31.2 Å². The lowest BCUT2D eigenvalue weighted by Crippen LogP contribution is -2.42. The lowest BCUT2D eigenvalue weighted by Gasteiger charge is -2.34. The van der Waals surface area contributed by atoms with Crippen LogP contribution in [0.25, 0.3) is 11.0 Å². The van der Waals surface area contributed by atoms with Crippen molar-refractivity contribution >= 4 is 16.9 Å². The van der Waals surface area contributed by atoms with Crippen molar-refractivity contribution in [3.8, 4) is 0 Å². The number of nitrogens with one attached hydrogen (secondary N) is 2. The van der Waals surface area contributed by atoms with Crippen LogP contribution >= 0.6 is 0 Å². The topological polar surface area (TPSA) is 56.8 Å². The Morgan fingerprint density at radius 3 is 3.10 bits per heavy atom. The summed E-state index contributed by atoms with van der Waals surface area (Å²) < 4.78 is 0. The molecular weight excluding hydrogens is 250 g/mol. The summed E-state index contributed by atoms with van der Waals surface area (Å²) in [5.74, 6) is 1.11. The van der Waals surface area contributed by atoms with E-state index in [0.717, 1.165) is 31.1 Å². The molecule has 2 aromatic rings. The summed E-state index contributed by atoms with van der Waals surface area (Å²) in [6.07, 6.45) is 7.62. The van der Waals surface area contributed by atoms with Crippen molar-refractivity contribution in [1.29, 1.82) is 0 Å². The Bertz CT molecular complexity index is 626. The summed E-state index contributed by atoms with van der Waals surface area (Å²) in [5.41, 5.74) is 2.65. The zero-order chi connectivity index (χ0) is 13.6. The van der Waals surface area contributed by atoms with Crippen LogP contribution in [0.3, 0.4) is 0 Å². The van der Waals surface area contributed by atoms with Crippen LogP contribution in [0.2, 0.25) is 0 Å². The molecule has 5 nitrogen and oxygen atoms in total. The molecule has 4 rings (SSSR count). The second-order valence-corrected chi connectivity index (χ2v) is 6.34. The number of hydrogen-bond donors (Lipinski definition) is 2. The molecule has 20 heavy (non-hydrogen) atoms. The molecule has 2 N–H and O–H groups in total. The van der Waals surface area contributed by atoms with Crippen molar-refractivity contribution in [3.05, 3.63) is 18.1 Å². The molecule has 4 heterocycles. The maximum atomic E-state index is 4.57. The molecule has 2 aromatic heterocycles. The second-order valence-electron chi connectivity index (χ2n) is 6.34. The highest BCUT2D eigenvalue weighted by atomic mass is 15.2. The van der Waals surface area contributed by atoms with E-state index in [1.54, 1.807) is 6.33 Å². The average molecular weight is 271 g/mol. The van der Waals surface area contributed by atoms with E-state index in [2.05, 4.69) is 32.1 Å². The van der Waals surface area contributed by atoms with Gasteiger partial charge in [0.25, 0.3) is 0 Å². The maximum absolute atomic E-state index is 4.57. The summed E-state index contributed by atoms with van der Waals surface area (Å²) in [6.45, 7) is 6.69. The third kappa shape index (κ3) is 1.80. The molecule has 2 aliphatic heterocycles. The summed E-state index contributed by atoms with van der Waals surface area (Å²) >= 11 is 0. The quantitative estimate of drug-likeness (QED) is 0.831. The largest absolute Gasteiger partial charge is 0.355 e. The summed E-state index contributed by atoms with van der Waals surface area (Å²) in [4.78, 5) is 14.6. The molecule has 1 atom stereocenters. The van der Waals surface area contributed by atoms with Crippen LogP contribution in [0.4, 0.5) is 5.82 Å². The number of rotatable bonds is 1. The van der Waals surface area contributed by atoms with E-state index < -0.39 is 0 Å². The van der Waals surface area contributed by atoms with Crippen molar-refractivity contribution in [2.24, 2.45) is 5.41 Å². The van der Waals surface area contributed by atoms with Crippen LogP contribution < -0.4 is 10.2 Å². The van der Waals surface area contributed by atoms with Crippen molar-refractivity contribution in [1.82, 2.24) is 20.3 Å². The van der Waals surface area contributed by atoms with E-state index >= 15 is 0 Å². The van der Waals surface area contributed by atoms with Crippen LogP contribution in [-0.4, -0.2) is 41.1 Å². The smallest absolute Gasteiger partial charge is 0.143 e. The zero-order valence-electron chi connectivity index (χ0n) is 11.9. The molecule has 0 bridgehead atoms. The van der Waals surface area contributed by atoms with E-state index in [0.29, 0.717) is 5.41 Å². The van der Waals surface area contributed by atoms with E-state index in [1.807, 2.05) is 6.20 Å². The number of anilines is 1. The lowest BCUT2D eigenvalue weighted by atomic mass is 9.80. The van der Waals surface area contributed by atoms with Gasteiger partial charge in [0.15, 0.2) is 0 Å². The number of aromatic nitrogens is 3. The van der Waals surface area contributed by atoms with Gasteiger partial charge in [0.05, 0.1) is 5.39 Å². The van der Waals surface area contributed by atoms with Crippen molar-refractivity contribution in [2.45, 2.75) is 26.2 Å². The third-order valence-corrected chi connectivity index (χ3v) is 4.95. The SMILES string of the molecule is Cc1c[nH]c2ncnc(N3CCC4(CCCNC4)C3)c12. The summed E-state index contributed by atoms with van der Waals surface area (Å²) in [5, 5.41) is 4.76. The molecule has 106 valence electrons. The van der Waals surface area contributed by atoms with Crippen LogP contribution in [0.5, 0.6) is 0 Å². The number of aryl methyl sites for hydroxylation is 1. The Morgan fingerprint density at radius 1 is 1.30 bits per heavy atom. The van der Waals surface area contributed by atoms with Gasteiger partial charge in [-0.2, -0.15) is 0 Å². The zero-order valence-corrected chi connectivity index (χ0v) is 11.9. The first-order valence-corrected chi connectivity index (χ1v) is 7.52. The minimum absolute atomic E-state index is 0.458. The van der Waals surface area contributed by atoms with E-state index in [4.69, 9.17) is 0 Å². The van der Waals surface area contributed by atoms with Gasteiger partial charge in [0.2, 0.25) is 0 Å². The molecule has 1 unspecified atom stereocenters. The highest BCUT2D eigenvalue weighted by Crippen LogP contribution is 2.39. The average Bonchev–Trinajstić information content (AvgIpc) is 3.05. The normalized spacial score (nSPS) is 26.8. The molecular formula is C15H21N5. The van der Waals surface area contributed by atoms with Crippen LogP contribution in [0.15, 0.2) is 12.5 Å². The van der Waals surface area contributed by atoms with E-state index in [-0.39, 0.29) is 0 Å². The number of aromatic amines is 1. The first-order valence-electron chi connectivity index (χ1n) is 7.52. The maximum Gasteiger partial charge on any atom is 0.143 e.